The van der Waals surface area contributed by atoms with Crippen LogP contribution in [0.4, 0.5) is 14.9 Å². The zero-order valence-electron chi connectivity index (χ0n) is 18.9. The van der Waals surface area contributed by atoms with Crippen LogP contribution in [0.1, 0.15) is 11.3 Å². The van der Waals surface area contributed by atoms with E-state index in [1.54, 1.807) is 16.8 Å². The first-order valence-corrected chi connectivity index (χ1v) is 11.2. The Labute approximate surface area is 196 Å². The Morgan fingerprint density at radius 1 is 1.12 bits per heavy atom. The summed E-state index contributed by atoms with van der Waals surface area (Å²) in [4.78, 5) is 14.8. The Balaban J connectivity index is 1.30. The Kier molecular flexibility index (Phi) is 6.24. The number of rotatable bonds is 6. The highest BCUT2D eigenvalue weighted by atomic mass is 19.1. The van der Waals surface area contributed by atoms with E-state index in [1.165, 1.54) is 12.1 Å². The average molecular weight is 464 g/mol. The van der Waals surface area contributed by atoms with Gasteiger partial charge in [-0.3, -0.25) is 4.90 Å². The number of morpholine rings is 1. The first-order valence-electron chi connectivity index (χ1n) is 11.2. The molecular formula is C24H26FN7O2. The van der Waals surface area contributed by atoms with E-state index in [0.29, 0.717) is 12.2 Å². The molecule has 10 heteroatoms. The molecule has 0 unspecified atom stereocenters. The second-order valence-corrected chi connectivity index (χ2v) is 8.33. The molecule has 2 aromatic carbocycles. The lowest BCUT2D eigenvalue weighted by Crippen LogP contribution is -2.35. The fraction of sp³-hybridized carbons (Fsp3) is 0.292. The first-order chi connectivity index (χ1) is 16.5. The molecule has 0 spiro atoms. The minimum Gasteiger partial charge on any atom is -0.379 e. The van der Waals surface area contributed by atoms with E-state index in [9.17, 15) is 9.18 Å². The maximum absolute atomic E-state index is 13.1. The van der Waals surface area contributed by atoms with E-state index in [4.69, 9.17) is 4.74 Å². The molecule has 0 saturated carbocycles. The van der Waals surface area contributed by atoms with Gasteiger partial charge in [0.25, 0.3) is 0 Å². The third kappa shape index (κ3) is 4.92. The number of hydrogen-bond acceptors (Lipinski definition) is 5. The lowest BCUT2D eigenvalue weighted by Gasteiger charge is -2.25. The Morgan fingerprint density at radius 2 is 1.91 bits per heavy atom. The molecule has 34 heavy (non-hydrogen) atoms. The Morgan fingerprint density at radius 3 is 2.71 bits per heavy atom. The molecule has 2 amide bonds. The third-order valence-electron chi connectivity index (χ3n) is 5.88. The number of aromatic nitrogens is 4. The van der Waals surface area contributed by atoms with Crippen LogP contribution in [0.3, 0.4) is 0 Å². The third-order valence-corrected chi connectivity index (χ3v) is 5.88. The monoisotopic (exact) mass is 463 g/mol. The van der Waals surface area contributed by atoms with Crippen LogP contribution < -0.4 is 10.6 Å². The first kappa shape index (κ1) is 22.1. The summed E-state index contributed by atoms with van der Waals surface area (Å²) in [6.45, 7) is 4.30. The molecule has 5 rings (SSSR count). The van der Waals surface area contributed by atoms with E-state index in [1.807, 2.05) is 42.2 Å². The highest BCUT2D eigenvalue weighted by molar-refractivity contribution is 6.02. The number of halogens is 1. The normalized spacial score (nSPS) is 14.4. The van der Waals surface area contributed by atoms with Gasteiger partial charge in [-0.2, -0.15) is 0 Å². The van der Waals surface area contributed by atoms with E-state index >= 15 is 0 Å². The summed E-state index contributed by atoms with van der Waals surface area (Å²) in [5, 5.41) is 15.2. The van der Waals surface area contributed by atoms with Gasteiger partial charge in [-0.05, 0) is 35.9 Å². The number of carbonyl (C=O) groups excluding carboxylic acids is 1. The number of anilines is 1. The molecule has 0 atom stereocenters. The zero-order chi connectivity index (χ0) is 23.5. The standard InChI is InChI=1S/C24H26FN7O2/c1-30-16-22(27-24(33)26-13-17-2-4-18(25)5-3-17)21-12-20(6-7-23(21)30)32-15-19(28-29-32)14-31-8-10-34-11-9-31/h2-7,12,15-16H,8-11,13-14H2,1H3,(H2,26,27,33). The van der Waals surface area contributed by atoms with Crippen LogP contribution in [-0.2, 0) is 24.9 Å². The maximum Gasteiger partial charge on any atom is 0.319 e. The van der Waals surface area contributed by atoms with Crippen LogP contribution in [0.5, 0.6) is 0 Å². The molecule has 1 saturated heterocycles. The van der Waals surface area contributed by atoms with E-state index in [0.717, 1.165) is 60.7 Å². The van der Waals surface area contributed by atoms with Gasteiger partial charge in [-0.25, -0.2) is 13.9 Å². The summed E-state index contributed by atoms with van der Waals surface area (Å²) in [7, 11) is 1.93. The summed E-state index contributed by atoms with van der Waals surface area (Å²) < 4.78 is 22.2. The van der Waals surface area contributed by atoms with Gasteiger partial charge in [0.15, 0.2) is 0 Å². The Bertz CT molecular complexity index is 1290. The topological polar surface area (TPSA) is 89.2 Å². The number of hydrogen-bond donors (Lipinski definition) is 2. The van der Waals surface area contributed by atoms with Gasteiger partial charge < -0.3 is 19.9 Å². The fourth-order valence-electron chi connectivity index (χ4n) is 4.06. The van der Waals surface area contributed by atoms with Crippen molar-refractivity contribution in [3.8, 4) is 5.69 Å². The molecule has 1 fully saturated rings. The van der Waals surface area contributed by atoms with Crippen LogP contribution in [0, 0.1) is 5.82 Å². The molecule has 2 aromatic heterocycles. The number of aryl methyl sites for hydroxylation is 1. The molecule has 1 aliphatic heterocycles. The second-order valence-electron chi connectivity index (χ2n) is 8.33. The number of benzene rings is 2. The van der Waals surface area contributed by atoms with E-state index in [-0.39, 0.29) is 11.8 Å². The predicted octanol–water partition coefficient (Wildman–Crippen LogP) is 3.05. The average Bonchev–Trinajstić information content (AvgIpc) is 3.43. The summed E-state index contributed by atoms with van der Waals surface area (Å²) in [6, 6.07) is 11.7. The zero-order valence-corrected chi connectivity index (χ0v) is 18.9. The number of amides is 2. The van der Waals surface area contributed by atoms with Gasteiger partial charge in [-0.15, -0.1) is 5.10 Å². The minimum absolute atomic E-state index is 0.299. The van der Waals surface area contributed by atoms with Crippen molar-refractivity contribution in [3.63, 3.8) is 0 Å². The van der Waals surface area contributed by atoms with Gasteiger partial charge in [-0.1, -0.05) is 17.3 Å². The maximum atomic E-state index is 13.1. The van der Waals surface area contributed by atoms with Crippen molar-refractivity contribution in [1.29, 1.82) is 0 Å². The number of urea groups is 1. The van der Waals surface area contributed by atoms with Crippen molar-refractivity contribution in [2.45, 2.75) is 13.1 Å². The smallest absolute Gasteiger partial charge is 0.319 e. The van der Waals surface area contributed by atoms with Crippen molar-refractivity contribution in [3.05, 3.63) is 71.9 Å². The highest BCUT2D eigenvalue weighted by Gasteiger charge is 2.15. The van der Waals surface area contributed by atoms with Crippen molar-refractivity contribution >= 4 is 22.6 Å². The predicted molar refractivity (Wildman–Crippen MR) is 126 cm³/mol. The van der Waals surface area contributed by atoms with E-state index < -0.39 is 0 Å². The molecule has 0 bridgehead atoms. The van der Waals surface area contributed by atoms with Gasteiger partial charge in [0.05, 0.1) is 42.0 Å². The van der Waals surface area contributed by atoms with Gasteiger partial charge in [0.2, 0.25) is 0 Å². The molecule has 0 aliphatic carbocycles. The molecule has 3 heterocycles. The van der Waals surface area contributed by atoms with Crippen LogP contribution in [0.15, 0.2) is 54.9 Å². The molecule has 0 radical (unpaired) electrons. The van der Waals surface area contributed by atoms with Crippen LogP contribution >= 0.6 is 0 Å². The summed E-state index contributed by atoms with van der Waals surface area (Å²) in [5.41, 5.74) is 4.23. The number of ether oxygens (including phenoxy) is 1. The second kappa shape index (κ2) is 9.62. The summed E-state index contributed by atoms with van der Waals surface area (Å²) in [6.07, 6.45) is 3.80. The van der Waals surface area contributed by atoms with Crippen LogP contribution in [0.2, 0.25) is 0 Å². The largest absolute Gasteiger partial charge is 0.379 e. The lowest BCUT2D eigenvalue weighted by atomic mass is 10.2. The van der Waals surface area contributed by atoms with Crippen LogP contribution in [0.25, 0.3) is 16.6 Å². The number of carbonyl (C=O) groups is 1. The SMILES string of the molecule is Cn1cc(NC(=O)NCc2ccc(F)cc2)c2cc(-n3cc(CN4CCOCC4)nn3)ccc21. The van der Waals surface area contributed by atoms with Crippen molar-refractivity contribution < 1.29 is 13.9 Å². The fourth-order valence-corrected chi connectivity index (χ4v) is 4.06. The minimum atomic E-state index is -0.337. The molecule has 1 aliphatic rings. The highest BCUT2D eigenvalue weighted by Crippen LogP contribution is 2.27. The van der Waals surface area contributed by atoms with Crippen molar-refractivity contribution in [2.24, 2.45) is 7.05 Å². The van der Waals surface area contributed by atoms with Crippen LogP contribution in [-0.4, -0.2) is 56.8 Å². The molecule has 9 nitrogen and oxygen atoms in total. The summed E-state index contributed by atoms with van der Waals surface area (Å²) >= 11 is 0. The molecule has 176 valence electrons. The number of fused-ring (bicyclic) bond motifs is 1. The molecular weight excluding hydrogens is 437 g/mol. The van der Waals surface area contributed by atoms with Crippen molar-refractivity contribution in [2.75, 3.05) is 31.6 Å². The summed E-state index contributed by atoms with van der Waals surface area (Å²) in [5.74, 6) is -0.305. The van der Waals surface area contributed by atoms with Gasteiger partial charge in [0.1, 0.15) is 5.82 Å². The van der Waals surface area contributed by atoms with Gasteiger partial charge >= 0.3 is 6.03 Å². The Hall–Kier alpha value is -3.76. The molecule has 2 N–H and O–H groups in total. The quantitative estimate of drug-likeness (QED) is 0.459. The lowest BCUT2D eigenvalue weighted by molar-refractivity contribution is 0.0336. The number of nitrogens with zero attached hydrogens (tertiary/aromatic N) is 5. The number of nitrogens with one attached hydrogen (secondary N) is 2. The molecule has 4 aromatic rings. The van der Waals surface area contributed by atoms with E-state index in [2.05, 4.69) is 25.8 Å². The van der Waals surface area contributed by atoms with Gasteiger partial charge in [0, 0.05) is 44.8 Å². The van der Waals surface area contributed by atoms with Crippen molar-refractivity contribution in [1.82, 2.24) is 29.8 Å².